The fourth-order valence-electron chi connectivity index (χ4n) is 2.01. The Balaban J connectivity index is 1.88. The van der Waals surface area contributed by atoms with Gasteiger partial charge in [0.25, 0.3) is 5.91 Å². The standard InChI is InChI=1S/C15H20N4O3S/c1-10(2)13-9-14(19-18-13)15(20)17-8-7-11-3-5-12(6-4-11)23(16,21)22/h3-6,9-10H,7-8H2,1-2H3,(H,17,20)(H,18,19)(H2,16,21,22). The first-order chi connectivity index (χ1) is 10.8. The van der Waals surface area contributed by atoms with Crippen molar-refractivity contribution in [3.63, 3.8) is 0 Å². The van der Waals surface area contributed by atoms with Gasteiger partial charge in [-0.1, -0.05) is 26.0 Å². The number of nitrogens with two attached hydrogens (primary N) is 1. The molecule has 4 N–H and O–H groups in total. The highest BCUT2D eigenvalue weighted by Crippen LogP contribution is 2.12. The molecule has 0 aliphatic heterocycles. The SMILES string of the molecule is CC(C)c1cc(C(=O)NCCc2ccc(S(N)(=O)=O)cc2)n[nH]1. The van der Waals surface area contributed by atoms with Gasteiger partial charge in [0.05, 0.1) is 4.90 Å². The average molecular weight is 336 g/mol. The highest BCUT2D eigenvalue weighted by atomic mass is 32.2. The first-order valence-corrected chi connectivity index (χ1v) is 8.77. The summed E-state index contributed by atoms with van der Waals surface area (Å²) in [7, 11) is -3.68. The van der Waals surface area contributed by atoms with Crippen LogP contribution in [0.25, 0.3) is 0 Å². The van der Waals surface area contributed by atoms with Gasteiger partial charge in [-0.3, -0.25) is 9.89 Å². The number of amides is 1. The summed E-state index contributed by atoms with van der Waals surface area (Å²) >= 11 is 0. The zero-order chi connectivity index (χ0) is 17.0. The maximum absolute atomic E-state index is 12.0. The number of hydrogen-bond donors (Lipinski definition) is 3. The number of aromatic amines is 1. The summed E-state index contributed by atoms with van der Waals surface area (Å²) in [6, 6.07) is 8.00. The summed E-state index contributed by atoms with van der Waals surface area (Å²) in [4.78, 5) is 12.0. The van der Waals surface area contributed by atoms with E-state index in [-0.39, 0.29) is 16.7 Å². The topological polar surface area (TPSA) is 118 Å². The predicted octanol–water partition coefficient (Wildman–Crippen LogP) is 1.15. The van der Waals surface area contributed by atoms with Gasteiger partial charge >= 0.3 is 0 Å². The van der Waals surface area contributed by atoms with Gasteiger partial charge in [-0.15, -0.1) is 0 Å². The highest BCUT2D eigenvalue weighted by molar-refractivity contribution is 7.89. The van der Waals surface area contributed by atoms with Crippen molar-refractivity contribution in [3.8, 4) is 0 Å². The zero-order valence-electron chi connectivity index (χ0n) is 13.0. The Morgan fingerprint density at radius 3 is 2.48 bits per heavy atom. The number of sulfonamides is 1. The lowest BCUT2D eigenvalue weighted by atomic mass is 10.1. The molecule has 0 saturated carbocycles. The normalized spacial score (nSPS) is 11.7. The highest BCUT2D eigenvalue weighted by Gasteiger charge is 2.11. The number of primary sulfonamides is 1. The van der Waals surface area contributed by atoms with E-state index in [1.54, 1.807) is 18.2 Å². The lowest BCUT2D eigenvalue weighted by Crippen LogP contribution is -2.26. The molecular weight excluding hydrogens is 316 g/mol. The van der Waals surface area contributed by atoms with Crippen LogP contribution in [-0.4, -0.2) is 31.1 Å². The summed E-state index contributed by atoms with van der Waals surface area (Å²) in [6.07, 6.45) is 0.581. The van der Waals surface area contributed by atoms with Crippen LogP contribution in [0.5, 0.6) is 0 Å². The van der Waals surface area contributed by atoms with E-state index in [1.165, 1.54) is 12.1 Å². The van der Waals surface area contributed by atoms with Crippen molar-refractivity contribution in [1.29, 1.82) is 0 Å². The van der Waals surface area contributed by atoms with Crippen LogP contribution in [-0.2, 0) is 16.4 Å². The van der Waals surface area contributed by atoms with Crippen LogP contribution in [0.1, 0.15) is 41.5 Å². The van der Waals surface area contributed by atoms with Crippen LogP contribution >= 0.6 is 0 Å². The van der Waals surface area contributed by atoms with Crippen molar-refractivity contribution in [2.45, 2.75) is 31.1 Å². The minimum absolute atomic E-state index is 0.0722. The van der Waals surface area contributed by atoms with Crippen molar-refractivity contribution in [1.82, 2.24) is 15.5 Å². The van der Waals surface area contributed by atoms with Crippen molar-refractivity contribution in [3.05, 3.63) is 47.3 Å². The minimum Gasteiger partial charge on any atom is -0.350 e. The van der Waals surface area contributed by atoms with Gasteiger partial charge in [-0.05, 0) is 36.1 Å². The van der Waals surface area contributed by atoms with Crippen LogP contribution in [0.15, 0.2) is 35.2 Å². The van der Waals surface area contributed by atoms with Gasteiger partial charge < -0.3 is 5.32 Å². The van der Waals surface area contributed by atoms with Crippen LogP contribution in [0.4, 0.5) is 0 Å². The second-order valence-corrected chi connectivity index (χ2v) is 7.12. The molecule has 0 bridgehead atoms. The van der Waals surface area contributed by atoms with E-state index in [0.717, 1.165) is 11.3 Å². The van der Waals surface area contributed by atoms with Gasteiger partial charge in [-0.25, -0.2) is 13.6 Å². The number of H-pyrrole nitrogens is 1. The van der Waals surface area contributed by atoms with E-state index < -0.39 is 10.0 Å². The molecule has 0 radical (unpaired) electrons. The first kappa shape index (κ1) is 17.2. The Hall–Kier alpha value is -2.19. The number of carbonyl (C=O) groups is 1. The molecular formula is C15H20N4O3S. The number of aromatic nitrogens is 2. The number of nitrogens with zero attached hydrogens (tertiary/aromatic N) is 1. The van der Waals surface area contributed by atoms with Crippen LogP contribution in [0.3, 0.4) is 0 Å². The molecule has 23 heavy (non-hydrogen) atoms. The number of hydrogen-bond acceptors (Lipinski definition) is 4. The fourth-order valence-corrected chi connectivity index (χ4v) is 2.52. The third-order valence-corrected chi connectivity index (χ3v) is 4.33. The van der Waals surface area contributed by atoms with E-state index in [0.29, 0.717) is 18.7 Å². The maximum atomic E-state index is 12.0. The molecule has 0 saturated heterocycles. The molecule has 1 amide bonds. The van der Waals surface area contributed by atoms with Gasteiger partial charge in [0.1, 0.15) is 5.69 Å². The molecule has 0 fully saturated rings. The van der Waals surface area contributed by atoms with Crippen molar-refractivity contribution < 1.29 is 13.2 Å². The van der Waals surface area contributed by atoms with Crippen LogP contribution in [0, 0.1) is 0 Å². The van der Waals surface area contributed by atoms with E-state index in [1.807, 2.05) is 13.8 Å². The third kappa shape index (κ3) is 4.64. The molecule has 2 rings (SSSR count). The van der Waals surface area contributed by atoms with Gasteiger partial charge in [0, 0.05) is 12.2 Å². The minimum atomic E-state index is -3.68. The Kier molecular flexibility index (Phi) is 5.17. The quantitative estimate of drug-likeness (QED) is 0.733. The molecule has 0 spiro atoms. The molecule has 1 aromatic heterocycles. The molecule has 124 valence electrons. The molecule has 0 unspecified atom stereocenters. The molecule has 7 nitrogen and oxygen atoms in total. The van der Waals surface area contributed by atoms with Crippen LogP contribution < -0.4 is 10.5 Å². The number of nitrogens with one attached hydrogen (secondary N) is 2. The Bertz CT molecular complexity index is 779. The zero-order valence-corrected chi connectivity index (χ0v) is 13.9. The Labute approximate surface area is 135 Å². The van der Waals surface area contributed by atoms with Crippen LogP contribution in [0.2, 0.25) is 0 Å². The lowest BCUT2D eigenvalue weighted by molar-refractivity contribution is 0.0949. The number of carbonyl (C=O) groups excluding carboxylic acids is 1. The van der Waals surface area contributed by atoms with Gasteiger partial charge in [0.15, 0.2) is 0 Å². The van der Waals surface area contributed by atoms with Gasteiger partial charge in [0.2, 0.25) is 10.0 Å². The summed E-state index contributed by atoms with van der Waals surface area (Å²) < 4.78 is 22.3. The molecule has 0 atom stereocenters. The second-order valence-electron chi connectivity index (χ2n) is 5.56. The van der Waals surface area contributed by atoms with E-state index in [9.17, 15) is 13.2 Å². The largest absolute Gasteiger partial charge is 0.350 e. The maximum Gasteiger partial charge on any atom is 0.271 e. The molecule has 1 aromatic carbocycles. The van der Waals surface area contributed by atoms with Crippen molar-refractivity contribution >= 4 is 15.9 Å². The average Bonchev–Trinajstić information content (AvgIpc) is 2.97. The van der Waals surface area contributed by atoms with Crippen molar-refractivity contribution in [2.24, 2.45) is 5.14 Å². The summed E-state index contributed by atoms with van der Waals surface area (Å²) in [5.41, 5.74) is 2.18. The monoisotopic (exact) mass is 336 g/mol. The second kappa shape index (κ2) is 6.93. The summed E-state index contributed by atoms with van der Waals surface area (Å²) in [5.74, 6) is 0.0377. The summed E-state index contributed by atoms with van der Waals surface area (Å²) in [5, 5.41) is 14.6. The molecule has 8 heteroatoms. The molecule has 2 aromatic rings. The number of rotatable bonds is 6. The third-order valence-electron chi connectivity index (χ3n) is 3.40. The fraction of sp³-hybridized carbons (Fsp3) is 0.333. The van der Waals surface area contributed by atoms with E-state index in [4.69, 9.17) is 5.14 Å². The lowest BCUT2D eigenvalue weighted by Gasteiger charge is -2.04. The molecule has 0 aliphatic rings. The first-order valence-electron chi connectivity index (χ1n) is 7.22. The van der Waals surface area contributed by atoms with Crippen molar-refractivity contribution in [2.75, 3.05) is 6.54 Å². The van der Waals surface area contributed by atoms with Gasteiger partial charge in [-0.2, -0.15) is 5.10 Å². The number of benzene rings is 1. The van der Waals surface area contributed by atoms with E-state index >= 15 is 0 Å². The Morgan fingerprint density at radius 2 is 1.96 bits per heavy atom. The summed E-state index contributed by atoms with van der Waals surface area (Å²) in [6.45, 7) is 4.46. The predicted molar refractivity (Wildman–Crippen MR) is 86.5 cm³/mol. The molecule has 0 aliphatic carbocycles. The Morgan fingerprint density at radius 1 is 1.30 bits per heavy atom. The smallest absolute Gasteiger partial charge is 0.271 e. The molecule has 1 heterocycles. The van der Waals surface area contributed by atoms with E-state index in [2.05, 4.69) is 15.5 Å².